The summed E-state index contributed by atoms with van der Waals surface area (Å²) in [7, 11) is 0. The molecule has 21 heavy (non-hydrogen) atoms. The predicted molar refractivity (Wildman–Crippen MR) is 80.4 cm³/mol. The van der Waals surface area contributed by atoms with E-state index < -0.39 is 5.97 Å². The molecule has 0 fully saturated rings. The van der Waals surface area contributed by atoms with Gasteiger partial charge in [-0.15, -0.1) is 6.58 Å². The van der Waals surface area contributed by atoms with Gasteiger partial charge in [-0.2, -0.15) is 0 Å². The van der Waals surface area contributed by atoms with Gasteiger partial charge in [-0.25, -0.2) is 0 Å². The Labute approximate surface area is 124 Å². The van der Waals surface area contributed by atoms with Crippen molar-refractivity contribution in [1.82, 2.24) is 4.90 Å². The molecule has 0 bridgehead atoms. The monoisotopic (exact) mass is 291 g/mol. The second kappa shape index (κ2) is 8.09. The fourth-order valence-corrected chi connectivity index (χ4v) is 1.76. The van der Waals surface area contributed by atoms with Crippen molar-refractivity contribution < 1.29 is 19.4 Å². The zero-order valence-electron chi connectivity index (χ0n) is 12.4. The molecular weight excluding hydrogens is 270 g/mol. The maximum absolute atomic E-state index is 11.9. The van der Waals surface area contributed by atoms with Gasteiger partial charge in [0.15, 0.2) is 6.61 Å². The van der Waals surface area contributed by atoms with E-state index in [4.69, 9.17) is 9.84 Å². The molecule has 1 amide bonds. The Balaban J connectivity index is 2.57. The number of hydrogen-bond acceptors (Lipinski definition) is 3. The highest BCUT2D eigenvalue weighted by Gasteiger charge is 2.15. The fourth-order valence-electron chi connectivity index (χ4n) is 1.76. The number of carboxylic acid groups (broad SMARTS) is 1. The maximum Gasteiger partial charge on any atom is 0.323 e. The van der Waals surface area contributed by atoms with Crippen molar-refractivity contribution in [3.8, 4) is 5.75 Å². The van der Waals surface area contributed by atoms with Gasteiger partial charge < -0.3 is 14.7 Å². The largest absolute Gasteiger partial charge is 0.484 e. The highest BCUT2D eigenvalue weighted by Crippen LogP contribution is 2.18. The van der Waals surface area contributed by atoms with Gasteiger partial charge in [0.1, 0.15) is 12.3 Å². The number of benzene rings is 1. The van der Waals surface area contributed by atoms with Gasteiger partial charge in [0.25, 0.3) is 5.91 Å². The smallest absolute Gasteiger partial charge is 0.323 e. The first kappa shape index (κ1) is 16.8. The summed E-state index contributed by atoms with van der Waals surface area (Å²) in [4.78, 5) is 23.8. The number of ether oxygens (including phenoxy) is 1. The van der Waals surface area contributed by atoms with E-state index in [-0.39, 0.29) is 25.6 Å². The molecule has 0 atom stereocenters. The summed E-state index contributed by atoms with van der Waals surface area (Å²) in [6.07, 6.45) is 1.48. The van der Waals surface area contributed by atoms with Gasteiger partial charge in [0.05, 0.1) is 0 Å². The van der Waals surface area contributed by atoms with Crippen molar-refractivity contribution in [1.29, 1.82) is 0 Å². The van der Waals surface area contributed by atoms with E-state index in [1.807, 2.05) is 12.1 Å². The normalized spacial score (nSPS) is 10.2. The molecule has 0 aliphatic rings. The topological polar surface area (TPSA) is 66.8 Å². The van der Waals surface area contributed by atoms with E-state index >= 15 is 0 Å². The SMILES string of the molecule is C=CCN(CC(=O)O)C(=O)COc1ccc(C(C)C)cc1. The minimum atomic E-state index is -1.06. The minimum Gasteiger partial charge on any atom is -0.484 e. The highest BCUT2D eigenvalue weighted by molar-refractivity contribution is 5.82. The van der Waals surface area contributed by atoms with Crippen molar-refractivity contribution in [3.05, 3.63) is 42.5 Å². The van der Waals surface area contributed by atoms with E-state index in [1.165, 1.54) is 16.5 Å². The number of carbonyl (C=O) groups excluding carboxylic acids is 1. The average Bonchev–Trinajstić information content (AvgIpc) is 2.44. The van der Waals surface area contributed by atoms with Crippen LogP contribution in [0.2, 0.25) is 0 Å². The van der Waals surface area contributed by atoms with Gasteiger partial charge >= 0.3 is 5.97 Å². The summed E-state index contributed by atoms with van der Waals surface area (Å²) in [5.74, 6) is -0.433. The average molecular weight is 291 g/mol. The lowest BCUT2D eigenvalue weighted by Crippen LogP contribution is -2.38. The fraction of sp³-hybridized carbons (Fsp3) is 0.375. The van der Waals surface area contributed by atoms with Gasteiger partial charge in [-0.3, -0.25) is 9.59 Å². The summed E-state index contributed by atoms with van der Waals surface area (Å²) in [6, 6.07) is 7.50. The molecule has 5 heteroatoms. The van der Waals surface area contributed by atoms with Crippen LogP contribution in [-0.4, -0.2) is 41.6 Å². The van der Waals surface area contributed by atoms with Crippen LogP contribution in [0.1, 0.15) is 25.3 Å². The standard InChI is InChI=1S/C16H21NO4/c1-4-9-17(10-16(19)20)15(18)11-21-14-7-5-13(6-8-14)12(2)3/h4-8,12H,1,9-11H2,2-3H3,(H,19,20). The van der Waals surface area contributed by atoms with Crippen LogP contribution in [0, 0.1) is 0 Å². The van der Waals surface area contributed by atoms with Crippen LogP contribution in [0.4, 0.5) is 0 Å². The van der Waals surface area contributed by atoms with E-state index in [0.29, 0.717) is 11.7 Å². The van der Waals surface area contributed by atoms with Crippen LogP contribution in [0.3, 0.4) is 0 Å². The lowest BCUT2D eigenvalue weighted by Gasteiger charge is -2.19. The Hall–Kier alpha value is -2.30. The molecule has 0 saturated heterocycles. The Morgan fingerprint density at radius 1 is 1.33 bits per heavy atom. The Kier molecular flexibility index (Phi) is 6.46. The summed E-state index contributed by atoms with van der Waals surface area (Å²) < 4.78 is 5.39. The third-order valence-electron chi connectivity index (χ3n) is 2.94. The number of hydrogen-bond donors (Lipinski definition) is 1. The zero-order chi connectivity index (χ0) is 15.8. The van der Waals surface area contributed by atoms with Gasteiger partial charge in [0, 0.05) is 6.54 Å². The third-order valence-corrected chi connectivity index (χ3v) is 2.94. The number of carboxylic acids is 1. The Morgan fingerprint density at radius 2 is 1.95 bits per heavy atom. The molecule has 0 aliphatic heterocycles. The van der Waals surface area contributed by atoms with Gasteiger partial charge in [-0.05, 0) is 23.6 Å². The number of aliphatic carboxylic acids is 1. The molecule has 0 saturated carbocycles. The molecule has 0 aliphatic carbocycles. The third kappa shape index (κ3) is 5.69. The molecule has 0 radical (unpaired) electrons. The predicted octanol–water partition coefficient (Wildman–Crippen LogP) is 2.29. The first-order valence-electron chi connectivity index (χ1n) is 6.77. The second-order valence-corrected chi connectivity index (χ2v) is 4.97. The van der Waals surface area contributed by atoms with Gasteiger partial charge in [0.2, 0.25) is 0 Å². The molecule has 114 valence electrons. The van der Waals surface area contributed by atoms with Crippen LogP contribution in [0.15, 0.2) is 36.9 Å². The van der Waals surface area contributed by atoms with Crippen LogP contribution in [-0.2, 0) is 9.59 Å². The number of rotatable bonds is 8. The van der Waals surface area contributed by atoms with Crippen molar-refractivity contribution >= 4 is 11.9 Å². The molecular formula is C16H21NO4. The van der Waals surface area contributed by atoms with E-state index in [1.54, 1.807) is 12.1 Å². The van der Waals surface area contributed by atoms with Crippen LogP contribution in [0.5, 0.6) is 5.75 Å². The molecule has 0 heterocycles. The Morgan fingerprint density at radius 3 is 2.43 bits per heavy atom. The lowest BCUT2D eigenvalue weighted by atomic mass is 10.0. The van der Waals surface area contributed by atoms with Crippen molar-refractivity contribution in [2.45, 2.75) is 19.8 Å². The first-order valence-corrected chi connectivity index (χ1v) is 6.77. The molecule has 5 nitrogen and oxygen atoms in total. The van der Waals surface area contributed by atoms with Crippen LogP contribution >= 0.6 is 0 Å². The van der Waals surface area contributed by atoms with E-state index in [2.05, 4.69) is 20.4 Å². The molecule has 0 aromatic heterocycles. The maximum atomic E-state index is 11.9. The molecule has 0 spiro atoms. The molecule has 1 aromatic rings. The van der Waals surface area contributed by atoms with Crippen molar-refractivity contribution in [2.75, 3.05) is 19.7 Å². The number of amides is 1. The number of nitrogens with zero attached hydrogens (tertiary/aromatic N) is 1. The van der Waals surface area contributed by atoms with Crippen molar-refractivity contribution in [3.63, 3.8) is 0 Å². The summed E-state index contributed by atoms with van der Waals surface area (Å²) in [6.45, 7) is 7.33. The highest BCUT2D eigenvalue weighted by atomic mass is 16.5. The van der Waals surface area contributed by atoms with Crippen LogP contribution < -0.4 is 4.74 Å². The van der Waals surface area contributed by atoms with Gasteiger partial charge in [-0.1, -0.05) is 32.1 Å². The molecule has 1 rings (SSSR count). The summed E-state index contributed by atoms with van der Waals surface area (Å²) in [5, 5.41) is 8.76. The summed E-state index contributed by atoms with van der Waals surface area (Å²) >= 11 is 0. The molecule has 1 aromatic carbocycles. The summed E-state index contributed by atoms with van der Waals surface area (Å²) in [5.41, 5.74) is 1.19. The van der Waals surface area contributed by atoms with E-state index in [9.17, 15) is 9.59 Å². The first-order chi connectivity index (χ1) is 9.93. The Bertz CT molecular complexity index is 494. The molecule has 0 unspecified atom stereocenters. The van der Waals surface area contributed by atoms with E-state index in [0.717, 1.165) is 0 Å². The number of carbonyl (C=O) groups is 2. The zero-order valence-corrected chi connectivity index (χ0v) is 12.4. The van der Waals surface area contributed by atoms with Crippen molar-refractivity contribution in [2.24, 2.45) is 0 Å². The van der Waals surface area contributed by atoms with Crippen LogP contribution in [0.25, 0.3) is 0 Å². The quantitative estimate of drug-likeness (QED) is 0.746. The lowest BCUT2D eigenvalue weighted by molar-refractivity contribution is -0.144. The molecule has 1 N–H and O–H groups in total. The second-order valence-electron chi connectivity index (χ2n) is 4.97. The minimum absolute atomic E-state index is 0.181.